The number of hydrogen-bond donors (Lipinski definition) is 1. The second-order valence-corrected chi connectivity index (χ2v) is 7.56. The zero-order valence-electron chi connectivity index (χ0n) is 11.8. The Labute approximate surface area is 129 Å². The molecular formula is C13H17ClN2O4S. The number of likely N-dealkylation sites (N-methyl/N-ethyl adjacent to an activating group) is 1. The highest BCUT2D eigenvalue weighted by molar-refractivity contribution is 7.89. The average molecular weight is 333 g/mol. The molecule has 21 heavy (non-hydrogen) atoms. The number of carboxylic acid groups (broad SMARTS) is 1. The van der Waals surface area contributed by atoms with Gasteiger partial charge in [0.15, 0.2) is 0 Å². The highest BCUT2D eigenvalue weighted by Gasteiger charge is 2.33. The van der Waals surface area contributed by atoms with Crippen molar-refractivity contribution in [3.05, 3.63) is 28.8 Å². The first-order valence-corrected chi connectivity index (χ1v) is 8.24. The van der Waals surface area contributed by atoms with E-state index in [1.165, 1.54) is 16.4 Å². The van der Waals surface area contributed by atoms with Gasteiger partial charge in [0.05, 0.1) is 15.5 Å². The van der Waals surface area contributed by atoms with Crippen LogP contribution in [0, 0.1) is 0 Å². The van der Waals surface area contributed by atoms with Crippen LogP contribution in [0.25, 0.3) is 0 Å². The van der Waals surface area contributed by atoms with Gasteiger partial charge in [-0.15, -0.1) is 0 Å². The van der Waals surface area contributed by atoms with Crippen LogP contribution in [0.4, 0.5) is 0 Å². The Bertz CT molecular complexity index is 660. The maximum atomic E-state index is 12.6. The lowest BCUT2D eigenvalue weighted by molar-refractivity contribution is 0.0697. The molecule has 1 unspecified atom stereocenters. The molecule has 0 saturated carbocycles. The molecule has 116 valence electrons. The summed E-state index contributed by atoms with van der Waals surface area (Å²) in [5.74, 6) is -1.25. The van der Waals surface area contributed by atoms with Crippen LogP contribution in [-0.2, 0) is 10.0 Å². The molecule has 0 aromatic heterocycles. The Morgan fingerprint density at radius 1 is 1.43 bits per heavy atom. The van der Waals surface area contributed by atoms with Gasteiger partial charge >= 0.3 is 5.97 Å². The lowest BCUT2D eigenvalue weighted by Gasteiger charge is -2.20. The smallest absolute Gasteiger partial charge is 0.337 e. The van der Waals surface area contributed by atoms with E-state index in [-0.39, 0.29) is 21.5 Å². The number of aromatic carboxylic acids is 1. The number of carboxylic acids is 1. The van der Waals surface area contributed by atoms with Crippen molar-refractivity contribution in [3.8, 4) is 0 Å². The van der Waals surface area contributed by atoms with E-state index in [9.17, 15) is 13.2 Å². The quantitative estimate of drug-likeness (QED) is 0.900. The monoisotopic (exact) mass is 332 g/mol. The lowest BCUT2D eigenvalue weighted by atomic mass is 10.2. The summed E-state index contributed by atoms with van der Waals surface area (Å²) in [6, 6.07) is 3.93. The third-order valence-corrected chi connectivity index (χ3v) is 5.85. The molecule has 8 heteroatoms. The van der Waals surface area contributed by atoms with Gasteiger partial charge in [-0.25, -0.2) is 13.2 Å². The number of halogens is 1. The first-order chi connectivity index (χ1) is 9.73. The summed E-state index contributed by atoms with van der Waals surface area (Å²) in [5, 5.41) is 9.06. The van der Waals surface area contributed by atoms with Crippen molar-refractivity contribution in [3.63, 3.8) is 0 Å². The molecule has 0 spiro atoms. The molecule has 0 aliphatic carbocycles. The Hall–Kier alpha value is -1.15. The van der Waals surface area contributed by atoms with Crippen LogP contribution in [0.15, 0.2) is 23.1 Å². The van der Waals surface area contributed by atoms with E-state index < -0.39 is 16.0 Å². The molecule has 1 aliphatic rings. The van der Waals surface area contributed by atoms with E-state index in [1.807, 2.05) is 19.0 Å². The van der Waals surface area contributed by atoms with Crippen molar-refractivity contribution in [1.82, 2.24) is 9.21 Å². The van der Waals surface area contributed by atoms with E-state index in [2.05, 4.69) is 0 Å². The minimum Gasteiger partial charge on any atom is -0.478 e. The van der Waals surface area contributed by atoms with Gasteiger partial charge in [0.1, 0.15) is 0 Å². The molecule has 1 aromatic carbocycles. The van der Waals surface area contributed by atoms with Gasteiger partial charge in [-0.05, 0) is 38.7 Å². The van der Waals surface area contributed by atoms with Gasteiger partial charge in [0, 0.05) is 19.1 Å². The van der Waals surface area contributed by atoms with Crippen molar-refractivity contribution in [2.75, 3.05) is 27.2 Å². The minimum atomic E-state index is -3.69. The van der Waals surface area contributed by atoms with E-state index in [4.69, 9.17) is 16.7 Å². The zero-order valence-corrected chi connectivity index (χ0v) is 13.4. The molecule has 1 saturated heterocycles. The summed E-state index contributed by atoms with van der Waals surface area (Å²) in [6.45, 7) is 0.830. The number of rotatable bonds is 4. The molecule has 1 fully saturated rings. The third kappa shape index (κ3) is 3.21. The molecule has 0 bridgehead atoms. The van der Waals surface area contributed by atoms with Crippen molar-refractivity contribution < 1.29 is 18.3 Å². The van der Waals surface area contributed by atoms with E-state index in [0.717, 1.165) is 12.5 Å². The number of hydrogen-bond acceptors (Lipinski definition) is 4. The number of benzene rings is 1. The number of carbonyl (C=O) groups is 1. The lowest BCUT2D eigenvalue weighted by Crippen LogP contribution is -2.34. The van der Waals surface area contributed by atoms with Crippen molar-refractivity contribution in [2.45, 2.75) is 17.4 Å². The maximum absolute atomic E-state index is 12.6. The van der Waals surface area contributed by atoms with Crippen LogP contribution in [-0.4, -0.2) is 61.9 Å². The molecule has 0 amide bonds. The first-order valence-electron chi connectivity index (χ1n) is 6.43. The van der Waals surface area contributed by atoms with Crippen LogP contribution in [0.3, 0.4) is 0 Å². The van der Waals surface area contributed by atoms with Crippen LogP contribution >= 0.6 is 11.6 Å². The standard InChI is InChI=1S/C13H17ClN2O4S/c1-15(2)9-5-6-16(8-9)21(19,20)10-3-4-12(14)11(7-10)13(17)18/h3-4,7,9H,5-6,8H2,1-2H3,(H,17,18). The summed E-state index contributed by atoms with van der Waals surface area (Å²) >= 11 is 5.77. The van der Waals surface area contributed by atoms with Crippen LogP contribution < -0.4 is 0 Å². The molecule has 6 nitrogen and oxygen atoms in total. The fourth-order valence-electron chi connectivity index (χ4n) is 2.33. The Morgan fingerprint density at radius 3 is 2.62 bits per heavy atom. The molecule has 1 aliphatic heterocycles. The fraction of sp³-hybridized carbons (Fsp3) is 0.462. The molecular weight excluding hydrogens is 316 g/mol. The molecule has 0 radical (unpaired) electrons. The van der Waals surface area contributed by atoms with Gasteiger partial charge in [-0.2, -0.15) is 4.31 Å². The van der Waals surface area contributed by atoms with Crippen molar-refractivity contribution in [2.24, 2.45) is 0 Å². The van der Waals surface area contributed by atoms with Gasteiger partial charge in [0.2, 0.25) is 10.0 Å². The van der Waals surface area contributed by atoms with Crippen LogP contribution in [0.5, 0.6) is 0 Å². The van der Waals surface area contributed by atoms with Crippen LogP contribution in [0.1, 0.15) is 16.8 Å². The summed E-state index contributed by atoms with van der Waals surface area (Å²) in [5.41, 5.74) is -0.207. The average Bonchev–Trinajstić information content (AvgIpc) is 2.89. The summed E-state index contributed by atoms with van der Waals surface area (Å²) in [7, 11) is 0.123. The highest BCUT2D eigenvalue weighted by Crippen LogP contribution is 2.26. The van der Waals surface area contributed by atoms with Gasteiger partial charge in [-0.1, -0.05) is 11.6 Å². The first kappa shape index (κ1) is 16.2. The van der Waals surface area contributed by atoms with Gasteiger partial charge in [-0.3, -0.25) is 0 Å². The van der Waals surface area contributed by atoms with Gasteiger partial charge in [0.25, 0.3) is 0 Å². The maximum Gasteiger partial charge on any atom is 0.337 e. The highest BCUT2D eigenvalue weighted by atomic mass is 35.5. The Balaban J connectivity index is 2.33. The number of sulfonamides is 1. The van der Waals surface area contributed by atoms with E-state index in [0.29, 0.717) is 13.1 Å². The minimum absolute atomic E-state index is 0.0223. The second kappa shape index (κ2) is 5.92. The topological polar surface area (TPSA) is 77.9 Å². The van der Waals surface area contributed by atoms with Gasteiger partial charge < -0.3 is 10.0 Å². The zero-order chi connectivity index (χ0) is 15.8. The number of nitrogens with zero attached hydrogens (tertiary/aromatic N) is 2. The molecule has 1 aromatic rings. The predicted octanol–water partition coefficient (Wildman–Crippen LogP) is 1.36. The van der Waals surface area contributed by atoms with E-state index in [1.54, 1.807) is 0 Å². The SMILES string of the molecule is CN(C)C1CCN(S(=O)(=O)c2ccc(Cl)c(C(=O)O)c2)C1. The van der Waals surface area contributed by atoms with Crippen molar-refractivity contribution in [1.29, 1.82) is 0 Å². The fourth-order valence-corrected chi connectivity index (χ4v) is 4.05. The molecule has 1 N–H and O–H groups in total. The normalized spacial score (nSPS) is 20.1. The summed E-state index contributed by atoms with van der Waals surface area (Å²) in [6.07, 6.45) is 0.756. The van der Waals surface area contributed by atoms with Crippen LogP contribution in [0.2, 0.25) is 5.02 Å². The molecule has 2 rings (SSSR count). The summed E-state index contributed by atoms with van der Waals surface area (Å²) in [4.78, 5) is 13.0. The van der Waals surface area contributed by atoms with Crippen molar-refractivity contribution >= 4 is 27.6 Å². The molecule has 1 atom stereocenters. The predicted molar refractivity (Wildman–Crippen MR) is 79.3 cm³/mol. The van der Waals surface area contributed by atoms with E-state index >= 15 is 0 Å². The largest absolute Gasteiger partial charge is 0.478 e. The Morgan fingerprint density at radius 2 is 2.10 bits per heavy atom. The third-order valence-electron chi connectivity index (χ3n) is 3.66. The Kier molecular flexibility index (Phi) is 4.57. The second-order valence-electron chi connectivity index (χ2n) is 5.22. The molecule has 1 heterocycles. The summed E-state index contributed by atoms with van der Waals surface area (Å²) < 4.78 is 26.5.